The number of hydrogen-bond acceptors (Lipinski definition) is 6. The van der Waals surface area contributed by atoms with E-state index in [1.165, 1.54) is 0 Å². The molecule has 0 aromatic rings. The Kier molecular flexibility index (Phi) is 9.98. The van der Waals surface area contributed by atoms with E-state index in [1.54, 1.807) is 17.1 Å². The first-order valence-electron chi connectivity index (χ1n) is 14.0. The molecule has 3 aliphatic rings. The number of fused-ring (bicyclic) bond motifs is 1. The number of esters is 1. The van der Waals surface area contributed by atoms with Crippen LogP contribution in [0.3, 0.4) is 0 Å². The lowest BCUT2D eigenvalue weighted by molar-refractivity contribution is -0.160. The van der Waals surface area contributed by atoms with E-state index in [0.29, 0.717) is 45.2 Å². The summed E-state index contributed by atoms with van der Waals surface area (Å²) < 4.78 is 12.3. The number of amides is 2. The number of unbranched alkanes of at least 4 members (excludes halogenated alkanes) is 3. The van der Waals surface area contributed by atoms with Crippen molar-refractivity contribution in [2.24, 2.45) is 11.8 Å². The van der Waals surface area contributed by atoms with Crippen molar-refractivity contribution in [3.63, 3.8) is 0 Å². The van der Waals surface area contributed by atoms with Crippen LogP contribution < -0.4 is 0 Å². The van der Waals surface area contributed by atoms with Crippen LogP contribution in [0.1, 0.15) is 78.6 Å². The van der Waals surface area contributed by atoms with Crippen molar-refractivity contribution < 1.29 is 29.0 Å². The number of carbonyl (C=O) groups is 3. The lowest BCUT2D eigenvalue weighted by atomic mass is 9.66. The normalized spacial score (nSPS) is 30.8. The van der Waals surface area contributed by atoms with Crippen LogP contribution in [0, 0.1) is 11.8 Å². The smallest absolute Gasteiger partial charge is 0.312 e. The largest absolute Gasteiger partial charge is 0.465 e. The Morgan fingerprint density at radius 2 is 2.00 bits per heavy atom. The first-order chi connectivity index (χ1) is 17.7. The van der Waals surface area contributed by atoms with E-state index in [2.05, 4.69) is 20.1 Å². The molecule has 0 radical (unpaired) electrons. The molecule has 0 saturated carbocycles. The lowest BCUT2D eigenvalue weighted by Crippen LogP contribution is -2.58. The maximum absolute atomic E-state index is 14.3. The molecule has 3 unspecified atom stereocenters. The number of likely N-dealkylation sites (tertiary alicyclic amines) is 1. The molecular formula is C29H46N2O6. The van der Waals surface area contributed by atoms with Gasteiger partial charge in [0.1, 0.15) is 17.6 Å². The van der Waals surface area contributed by atoms with Crippen LogP contribution in [0.5, 0.6) is 0 Å². The summed E-state index contributed by atoms with van der Waals surface area (Å²) >= 11 is 0. The summed E-state index contributed by atoms with van der Waals surface area (Å²) in [6.07, 6.45) is 9.88. The summed E-state index contributed by atoms with van der Waals surface area (Å²) in [5.74, 6) is -2.22. The maximum Gasteiger partial charge on any atom is 0.312 e. The molecule has 8 nitrogen and oxygen atoms in total. The van der Waals surface area contributed by atoms with Gasteiger partial charge in [-0.2, -0.15) is 0 Å². The molecule has 2 amide bonds. The molecule has 3 rings (SSSR count). The number of aliphatic hydroxyl groups excluding tert-OH is 1. The summed E-state index contributed by atoms with van der Waals surface area (Å²) in [4.78, 5) is 45.2. The van der Waals surface area contributed by atoms with Crippen LogP contribution in [0.2, 0.25) is 0 Å². The zero-order valence-corrected chi connectivity index (χ0v) is 23.0. The Morgan fingerprint density at radius 1 is 1.24 bits per heavy atom. The van der Waals surface area contributed by atoms with Crippen molar-refractivity contribution in [1.29, 1.82) is 0 Å². The first kappa shape index (κ1) is 29.4. The van der Waals surface area contributed by atoms with E-state index in [0.717, 1.165) is 25.7 Å². The van der Waals surface area contributed by atoms with Crippen LogP contribution >= 0.6 is 0 Å². The predicted molar refractivity (Wildman–Crippen MR) is 142 cm³/mol. The number of ether oxygens (including phenoxy) is 2. The van der Waals surface area contributed by atoms with E-state index < -0.39 is 35.0 Å². The first-order valence-corrected chi connectivity index (χ1v) is 14.0. The molecule has 3 aliphatic heterocycles. The standard InChI is InChI=1S/C29H46N2O6/c1-6-9-13-20-36-27(35)23-22-25(33)31(18-11-10-12-19-32)24(29(22)16-15-28(23,5)37-29)26(34)30(17-8-3)21(4)14-7-2/h6,8,21-24,32H,1,3,7,9-20H2,2,4-5H3/t21?,22-,23+,24?,28-,29?/m0/s1. The average molecular weight is 519 g/mol. The summed E-state index contributed by atoms with van der Waals surface area (Å²) in [6, 6.07) is -0.809. The van der Waals surface area contributed by atoms with Gasteiger partial charge in [0, 0.05) is 25.7 Å². The molecule has 0 aliphatic carbocycles. The lowest BCUT2D eigenvalue weighted by Gasteiger charge is -2.39. The summed E-state index contributed by atoms with van der Waals surface area (Å²) in [5, 5.41) is 9.21. The van der Waals surface area contributed by atoms with Gasteiger partial charge in [0.15, 0.2) is 0 Å². The quantitative estimate of drug-likeness (QED) is 0.190. The molecule has 208 valence electrons. The molecule has 1 N–H and O–H groups in total. The fourth-order valence-corrected chi connectivity index (χ4v) is 6.72. The number of rotatable bonds is 16. The molecule has 3 heterocycles. The average Bonchev–Trinajstić information content (AvgIpc) is 3.43. The van der Waals surface area contributed by atoms with Gasteiger partial charge in [0.05, 0.1) is 18.1 Å². The second-order valence-corrected chi connectivity index (χ2v) is 11.1. The molecule has 8 heteroatoms. The Hall–Kier alpha value is -2.19. The van der Waals surface area contributed by atoms with E-state index >= 15 is 0 Å². The zero-order valence-electron chi connectivity index (χ0n) is 23.0. The van der Waals surface area contributed by atoms with Crippen LogP contribution in [-0.4, -0.2) is 82.3 Å². The van der Waals surface area contributed by atoms with Gasteiger partial charge in [-0.3, -0.25) is 14.4 Å². The van der Waals surface area contributed by atoms with Gasteiger partial charge in [0.2, 0.25) is 11.8 Å². The molecule has 37 heavy (non-hydrogen) atoms. The van der Waals surface area contributed by atoms with Crippen molar-refractivity contribution in [1.82, 2.24) is 9.80 Å². The number of allylic oxidation sites excluding steroid dienone is 1. The highest BCUT2D eigenvalue weighted by Gasteiger charge is 2.78. The van der Waals surface area contributed by atoms with Crippen LogP contribution in [0.25, 0.3) is 0 Å². The third-order valence-electron chi connectivity index (χ3n) is 8.47. The van der Waals surface area contributed by atoms with Gasteiger partial charge in [0.25, 0.3) is 0 Å². The molecule has 1 spiro atoms. The van der Waals surface area contributed by atoms with E-state index in [-0.39, 0.29) is 31.1 Å². The minimum absolute atomic E-state index is 0.0166. The zero-order chi connectivity index (χ0) is 27.2. The molecule has 6 atom stereocenters. The van der Waals surface area contributed by atoms with Crippen LogP contribution in [0.4, 0.5) is 0 Å². The molecular weight excluding hydrogens is 472 g/mol. The molecule has 0 aromatic carbocycles. The van der Waals surface area contributed by atoms with Crippen molar-refractivity contribution in [3.05, 3.63) is 25.3 Å². The highest BCUT2D eigenvalue weighted by molar-refractivity contribution is 5.98. The number of carbonyl (C=O) groups excluding carboxylic acids is 3. The Labute approximate surface area is 222 Å². The molecule has 0 aromatic heterocycles. The predicted octanol–water partition coefficient (Wildman–Crippen LogP) is 3.63. The van der Waals surface area contributed by atoms with Crippen molar-refractivity contribution in [3.8, 4) is 0 Å². The number of hydrogen-bond donors (Lipinski definition) is 1. The maximum atomic E-state index is 14.3. The van der Waals surface area contributed by atoms with Crippen LogP contribution in [0.15, 0.2) is 25.3 Å². The van der Waals surface area contributed by atoms with Gasteiger partial charge >= 0.3 is 5.97 Å². The van der Waals surface area contributed by atoms with Gasteiger partial charge in [-0.1, -0.05) is 25.5 Å². The highest BCUT2D eigenvalue weighted by atomic mass is 16.6. The fourth-order valence-electron chi connectivity index (χ4n) is 6.72. The van der Waals surface area contributed by atoms with Gasteiger partial charge in [-0.05, 0) is 65.2 Å². The van der Waals surface area contributed by atoms with Crippen molar-refractivity contribution >= 4 is 17.8 Å². The van der Waals surface area contributed by atoms with E-state index in [9.17, 15) is 19.5 Å². The third-order valence-corrected chi connectivity index (χ3v) is 8.47. The van der Waals surface area contributed by atoms with Gasteiger partial charge < -0.3 is 24.4 Å². The van der Waals surface area contributed by atoms with E-state index in [1.807, 2.05) is 18.7 Å². The topological polar surface area (TPSA) is 96.4 Å². The SMILES string of the molecule is C=CCCCOC(=O)[C@H]1[C@H]2C(=O)N(CCCCCO)C(C(=O)N(CC=C)C(C)CCC)C23CC[C@]1(C)O3. The van der Waals surface area contributed by atoms with E-state index in [4.69, 9.17) is 9.47 Å². The molecule has 2 bridgehead atoms. The van der Waals surface area contributed by atoms with Gasteiger partial charge in [-0.25, -0.2) is 0 Å². The molecule has 3 fully saturated rings. The van der Waals surface area contributed by atoms with Crippen LogP contribution in [-0.2, 0) is 23.9 Å². The third kappa shape index (κ3) is 5.51. The Balaban J connectivity index is 1.96. The molecule has 3 saturated heterocycles. The monoisotopic (exact) mass is 518 g/mol. The number of aliphatic hydroxyl groups is 1. The van der Waals surface area contributed by atoms with Crippen molar-refractivity contribution in [2.75, 3.05) is 26.3 Å². The minimum atomic E-state index is -1.05. The fraction of sp³-hybridized carbons (Fsp3) is 0.759. The Bertz CT molecular complexity index is 861. The summed E-state index contributed by atoms with van der Waals surface area (Å²) in [6.45, 7) is 14.7. The minimum Gasteiger partial charge on any atom is -0.465 e. The summed E-state index contributed by atoms with van der Waals surface area (Å²) in [5.41, 5.74) is -1.88. The Morgan fingerprint density at radius 3 is 2.65 bits per heavy atom. The summed E-state index contributed by atoms with van der Waals surface area (Å²) in [7, 11) is 0. The van der Waals surface area contributed by atoms with Gasteiger partial charge in [-0.15, -0.1) is 13.2 Å². The second kappa shape index (κ2) is 12.6. The second-order valence-electron chi connectivity index (χ2n) is 11.1. The highest BCUT2D eigenvalue weighted by Crippen LogP contribution is 2.63. The van der Waals surface area contributed by atoms with Crippen molar-refractivity contribution in [2.45, 2.75) is 102 Å². The number of nitrogens with zero attached hydrogens (tertiary/aromatic N) is 2.